The van der Waals surface area contributed by atoms with Gasteiger partial charge in [0.2, 0.25) is 0 Å². The molecule has 0 unspecified atom stereocenters. The summed E-state index contributed by atoms with van der Waals surface area (Å²) in [6, 6.07) is 3.60. The lowest BCUT2D eigenvalue weighted by atomic mass is 10.1. The van der Waals surface area contributed by atoms with E-state index in [1.54, 1.807) is 12.3 Å². The van der Waals surface area contributed by atoms with Crippen molar-refractivity contribution in [2.45, 2.75) is 20.3 Å². The molecule has 0 saturated heterocycles. The van der Waals surface area contributed by atoms with E-state index in [0.29, 0.717) is 11.7 Å². The normalized spacial score (nSPS) is 10.3. The standard InChI is InChI=1S/C10H17N3O/c1-8(2)4-6-14-9-3-5-12-10(7-9)13-11/h3,5,7-8H,4,6,11H2,1-2H3,(H,12,13). The Kier molecular flexibility index (Phi) is 4.19. The fourth-order valence-corrected chi connectivity index (χ4v) is 0.992. The van der Waals surface area contributed by atoms with Crippen LogP contribution in [0.2, 0.25) is 0 Å². The van der Waals surface area contributed by atoms with Gasteiger partial charge in [-0.3, -0.25) is 0 Å². The molecule has 4 heteroatoms. The topological polar surface area (TPSA) is 60.2 Å². The number of nitrogens with one attached hydrogen (secondary N) is 1. The Balaban J connectivity index is 2.42. The van der Waals surface area contributed by atoms with Crippen molar-refractivity contribution >= 4 is 5.82 Å². The second-order valence-electron chi connectivity index (χ2n) is 3.55. The highest BCUT2D eigenvalue weighted by Gasteiger charge is 1.98. The van der Waals surface area contributed by atoms with Crippen molar-refractivity contribution in [3.63, 3.8) is 0 Å². The maximum atomic E-state index is 5.52. The molecule has 0 fully saturated rings. The quantitative estimate of drug-likeness (QED) is 0.555. The fraction of sp³-hybridized carbons (Fsp3) is 0.500. The molecule has 1 aromatic heterocycles. The van der Waals surface area contributed by atoms with E-state index in [1.807, 2.05) is 6.07 Å². The van der Waals surface area contributed by atoms with Crippen LogP contribution in [0.15, 0.2) is 18.3 Å². The van der Waals surface area contributed by atoms with Crippen molar-refractivity contribution in [1.29, 1.82) is 0 Å². The zero-order valence-corrected chi connectivity index (χ0v) is 8.66. The number of nitrogens with two attached hydrogens (primary N) is 1. The summed E-state index contributed by atoms with van der Waals surface area (Å²) in [5, 5.41) is 0. The first-order valence-corrected chi connectivity index (χ1v) is 4.78. The van der Waals surface area contributed by atoms with Crippen molar-refractivity contribution in [1.82, 2.24) is 4.98 Å². The van der Waals surface area contributed by atoms with E-state index in [-0.39, 0.29) is 0 Å². The number of hydrogen-bond acceptors (Lipinski definition) is 4. The molecule has 0 aliphatic carbocycles. The number of rotatable bonds is 5. The van der Waals surface area contributed by atoms with Crippen molar-refractivity contribution in [2.24, 2.45) is 11.8 Å². The first kappa shape index (κ1) is 10.8. The van der Waals surface area contributed by atoms with Crippen LogP contribution in [0.4, 0.5) is 5.82 Å². The van der Waals surface area contributed by atoms with E-state index in [4.69, 9.17) is 10.6 Å². The Hall–Kier alpha value is -1.29. The molecule has 0 aliphatic heterocycles. The van der Waals surface area contributed by atoms with E-state index in [0.717, 1.165) is 18.8 Å². The summed E-state index contributed by atoms with van der Waals surface area (Å²) in [6.07, 6.45) is 2.72. The molecule has 0 spiro atoms. The molecule has 1 aromatic rings. The Morgan fingerprint density at radius 1 is 1.57 bits per heavy atom. The zero-order chi connectivity index (χ0) is 10.4. The predicted molar refractivity (Wildman–Crippen MR) is 57.0 cm³/mol. The SMILES string of the molecule is CC(C)CCOc1ccnc(NN)c1. The second-order valence-corrected chi connectivity index (χ2v) is 3.55. The summed E-state index contributed by atoms with van der Waals surface area (Å²) in [6.45, 7) is 5.07. The summed E-state index contributed by atoms with van der Waals surface area (Å²) in [5.41, 5.74) is 2.48. The second kappa shape index (κ2) is 5.44. The van der Waals surface area contributed by atoms with Crippen molar-refractivity contribution in [3.8, 4) is 5.75 Å². The van der Waals surface area contributed by atoms with Crippen molar-refractivity contribution in [2.75, 3.05) is 12.0 Å². The van der Waals surface area contributed by atoms with Crippen LogP contribution < -0.4 is 16.0 Å². The Labute approximate surface area is 84.4 Å². The molecule has 0 radical (unpaired) electrons. The molecule has 0 amide bonds. The van der Waals surface area contributed by atoms with E-state index in [1.165, 1.54) is 0 Å². The van der Waals surface area contributed by atoms with Gasteiger partial charge in [0.05, 0.1) is 6.61 Å². The molecular formula is C10H17N3O. The Morgan fingerprint density at radius 2 is 2.36 bits per heavy atom. The van der Waals surface area contributed by atoms with Crippen LogP contribution in [0, 0.1) is 5.92 Å². The van der Waals surface area contributed by atoms with Crippen molar-refractivity contribution < 1.29 is 4.74 Å². The van der Waals surface area contributed by atoms with Crippen LogP contribution in [-0.2, 0) is 0 Å². The van der Waals surface area contributed by atoms with Crippen LogP contribution in [0.25, 0.3) is 0 Å². The summed E-state index contributed by atoms with van der Waals surface area (Å²) in [4.78, 5) is 3.98. The smallest absolute Gasteiger partial charge is 0.143 e. The molecule has 0 bridgehead atoms. The van der Waals surface area contributed by atoms with E-state index in [9.17, 15) is 0 Å². The van der Waals surface area contributed by atoms with Gasteiger partial charge in [-0.15, -0.1) is 0 Å². The van der Waals surface area contributed by atoms with Gasteiger partial charge in [-0.25, -0.2) is 10.8 Å². The molecule has 0 saturated carbocycles. The third kappa shape index (κ3) is 3.62. The number of ether oxygens (including phenoxy) is 1. The summed E-state index contributed by atoms with van der Waals surface area (Å²) in [7, 11) is 0. The van der Waals surface area contributed by atoms with E-state index >= 15 is 0 Å². The van der Waals surface area contributed by atoms with Gasteiger partial charge < -0.3 is 10.2 Å². The molecule has 0 aromatic carbocycles. The number of nitrogens with zero attached hydrogens (tertiary/aromatic N) is 1. The minimum absolute atomic E-state index is 0.618. The first-order valence-electron chi connectivity index (χ1n) is 4.78. The Bertz CT molecular complexity index is 276. The van der Waals surface area contributed by atoms with Gasteiger partial charge in [-0.1, -0.05) is 13.8 Å². The average Bonchev–Trinajstić information content (AvgIpc) is 2.18. The number of pyridine rings is 1. The van der Waals surface area contributed by atoms with Gasteiger partial charge in [0.1, 0.15) is 11.6 Å². The molecule has 14 heavy (non-hydrogen) atoms. The largest absolute Gasteiger partial charge is 0.493 e. The summed E-state index contributed by atoms with van der Waals surface area (Å²) >= 11 is 0. The number of aromatic nitrogens is 1. The minimum Gasteiger partial charge on any atom is -0.493 e. The highest BCUT2D eigenvalue weighted by atomic mass is 16.5. The highest BCUT2D eigenvalue weighted by Crippen LogP contribution is 2.14. The lowest BCUT2D eigenvalue weighted by Crippen LogP contribution is -2.08. The van der Waals surface area contributed by atoms with Crippen molar-refractivity contribution in [3.05, 3.63) is 18.3 Å². The van der Waals surface area contributed by atoms with Gasteiger partial charge in [-0.2, -0.15) is 0 Å². The maximum Gasteiger partial charge on any atom is 0.143 e. The average molecular weight is 195 g/mol. The Morgan fingerprint density at radius 3 is 3.00 bits per heavy atom. The van der Waals surface area contributed by atoms with Crippen LogP contribution in [0.3, 0.4) is 0 Å². The van der Waals surface area contributed by atoms with Crippen LogP contribution in [0.5, 0.6) is 5.75 Å². The van der Waals surface area contributed by atoms with Gasteiger partial charge in [-0.05, 0) is 18.4 Å². The lowest BCUT2D eigenvalue weighted by Gasteiger charge is -2.08. The monoisotopic (exact) mass is 195 g/mol. The zero-order valence-electron chi connectivity index (χ0n) is 8.66. The summed E-state index contributed by atoms with van der Waals surface area (Å²) in [5.74, 6) is 7.30. The predicted octanol–water partition coefficient (Wildman–Crippen LogP) is 1.79. The highest BCUT2D eigenvalue weighted by molar-refractivity contribution is 5.39. The molecule has 0 aliphatic rings. The molecule has 78 valence electrons. The van der Waals surface area contributed by atoms with Gasteiger partial charge in [0, 0.05) is 12.3 Å². The molecule has 1 rings (SSSR count). The minimum atomic E-state index is 0.618. The summed E-state index contributed by atoms with van der Waals surface area (Å²) < 4.78 is 5.52. The third-order valence-electron chi connectivity index (χ3n) is 1.84. The van der Waals surface area contributed by atoms with E-state index in [2.05, 4.69) is 24.3 Å². The van der Waals surface area contributed by atoms with Gasteiger partial charge >= 0.3 is 0 Å². The first-order chi connectivity index (χ1) is 6.72. The molecule has 4 nitrogen and oxygen atoms in total. The number of hydrogen-bond donors (Lipinski definition) is 2. The maximum absolute atomic E-state index is 5.52. The van der Waals surface area contributed by atoms with Gasteiger partial charge in [0.25, 0.3) is 0 Å². The molecule has 3 N–H and O–H groups in total. The molecular weight excluding hydrogens is 178 g/mol. The molecule has 0 atom stereocenters. The van der Waals surface area contributed by atoms with Crippen LogP contribution in [0.1, 0.15) is 20.3 Å². The molecule has 1 heterocycles. The number of anilines is 1. The lowest BCUT2D eigenvalue weighted by molar-refractivity contribution is 0.289. The van der Waals surface area contributed by atoms with Crippen LogP contribution >= 0.6 is 0 Å². The number of hydrazine groups is 1. The fourth-order valence-electron chi connectivity index (χ4n) is 0.992. The number of nitrogen functional groups attached to an aromatic ring is 1. The van der Waals surface area contributed by atoms with Gasteiger partial charge in [0.15, 0.2) is 0 Å². The van der Waals surface area contributed by atoms with E-state index < -0.39 is 0 Å². The third-order valence-corrected chi connectivity index (χ3v) is 1.84. The van der Waals surface area contributed by atoms with Crippen LogP contribution in [-0.4, -0.2) is 11.6 Å².